The second-order valence-corrected chi connectivity index (χ2v) is 4.82. The first-order chi connectivity index (χ1) is 8.27. The third kappa shape index (κ3) is 5.40. The normalized spacial score (nSPS) is 12.9. The van der Waals surface area contributed by atoms with Crippen molar-refractivity contribution in [1.29, 1.82) is 0 Å². The smallest absolute Gasteiger partial charge is 0.120 e. The lowest BCUT2D eigenvalue weighted by Gasteiger charge is -2.08. The van der Waals surface area contributed by atoms with Gasteiger partial charge in [-0.3, -0.25) is 0 Å². The highest BCUT2D eigenvalue weighted by atomic mass is 16.3. The molecule has 2 nitrogen and oxygen atoms in total. The highest BCUT2D eigenvalue weighted by Crippen LogP contribution is 2.20. The van der Waals surface area contributed by atoms with Crippen molar-refractivity contribution in [3.8, 4) is 0 Å². The summed E-state index contributed by atoms with van der Waals surface area (Å²) < 4.78 is 5.67. The summed E-state index contributed by atoms with van der Waals surface area (Å²) in [6.45, 7) is 4.35. The molecule has 0 spiro atoms. The Morgan fingerprint density at radius 1 is 1.06 bits per heavy atom. The van der Waals surface area contributed by atoms with Gasteiger partial charge in [-0.2, -0.15) is 0 Å². The molecule has 2 N–H and O–H groups in total. The van der Waals surface area contributed by atoms with E-state index >= 15 is 0 Å². The van der Waals surface area contributed by atoms with Crippen LogP contribution in [0.1, 0.15) is 76.4 Å². The van der Waals surface area contributed by atoms with Gasteiger partial charge in [-0.15, -0.1) is 0 Å². The Labute approximate surface area is 106 Å². The van der Waals surface area contributed by atoms with E-state index in [1.54, 1.807) is 0 Å². The van der Waals surface area contributed by atoms with E-state index in [2.05, 4.69) is 13.8 Å². The van der Waals surface area contributed by atoms with Gasteiger partial charge in [0, 0.05) is 6.42 Å². The van der Waals surface area contributed by atoms with Crippen LogP contribution in [0.5, 0.6) is 0 Å². The topological polar surface area (TPSA) is 39.2 Å². The molecule has 1 heterocycles. The Bertz CT molecular complexity index is 293. The minimum absolute atomic E-state index is 0.0847. The molecule has 1 rings (SSSR count). The molecule has 1 unspecified atom stereocenters. The standard InChI is InChI=1S/C15H27NO/c1-3-5-6-7-8-9-10-14(16)15-12-11-13(4-2)17-15/h11-12,14H,3-10,16H2,1-2H3. The maximum Gasteiger partial charge on any atom is 0.120 e. The lowest BCUT2D eigenvalue weighted by Crippen LogP contribution is -2.08. The summed E-state index contributed by atoms with van der Waals surface area (Å²) in [6.07, 6.45) is 9.90. The Balaban J connectivity index is 2.14. The maximum absolute atomic E-state index is 6.11. The zero-order valence-electron chi connectivity index (χ0n) is 11.4. The number of nitrogens with two attached hydrogens (primary N) is 1. The zero-order valence-corrected chi connectivity index (χ0v) is 11.4. The first-order valence-electron chi connectivity index (χ1n) is 7.12. The van der Waals surface area contributed by atoms with Crippen molar-refractivity contribution in [2.24, 2.45) is 5.73 Å². The summed E-state index contributed by atoms with van der Waals surface area (Å²) in [5, 5.41) is 0. The van der Waals surface area contributed by atoms with Crippen molar-refractivity contribution in [3.63, 3.8) is 0 Å². The number of aryl methyl sites for hydroxylation is 1. The summed E-state index contributed by atoms with van der Waals surface area (Å²) in [6, 6.07) is 4.15. The fraction of sp³-hybridized carbons (Fsp3) is 0.733. The lowest BCUT2D eigenvalue weighted by atomic mass is 10.0. The van der Waals surface area contributed by atoms with E-state index in [-0.39, 0.29) is 6.04 Å². The SMILES string of the molecule is CCCCCCCCC(N)c1ccc(CC)o1. The molecule has 0 amide bonds. The highest BCUT2D eigenvalue weighted by Gasteiger charge is 2.09. The van der Waals surface area contributed by atoms with Crippen molar-refractivity contribution in [2.45, 2.75) is 71.3 Å². The number of rotatable bonds is 9. The van der Waals surface area contributed by atoms with Crippen LogP contribution in [0.3, 0.4) is 0 Å². The fourth-order valence-corrected chi connectivity index (χ4v) is 2.07. The Hall–Kier alpha value is -0.760. The molecule has 17 heavy (non-hydrogen) atoms. The van der Waals surface area contributed by atoms with Gasteiger partial charge in [0.2, 0.25) is 0 Å². The van der Waals surface area contributed by atoms with Crippen LogP contribution >= 0.6 is 0 Å². The van der Waals surface area contributed by atoms with Crippen molar-refractivity contribution in [1.82, 2.24) is 0 Å². The third-order valence-electron chi connectivity index (χ3n) is 3.27. The van der Waals surface area contributed by atoms with Gasteiger partial charge < -0.3 is 10.2 Å². The van der Waals surface area contributed by atoms with Gasteiger partial charge in [-0.25, -0.2) is 0 Å². The van der Waals surface area contributed by atoms with Crippen molar-refractivity contribution in [2.75, 3.05) is 0 Å². The molecule has 0 saturated carbocycles. The second kappa shape index (κ2) is 8.35. The number of hydrogen-bond acceptors (Lipinski definition) is 2. The first-order valence-corrected chi connectivity index (χ1v) is 7.12. The van der Waals surface area contributed by atoms with Crippen LogP contribution in [-0.2, 0) is 6.42 Å². The highest BCUT2D eigenvalue weighted by molar-refractivity contribution is 5.10. The summed E-state index contributed by atoms with van der Waals surface area (Å²) >= 11 is 0. The molecule has 0 radical (unpaired) electrons. The molecule has 0 aliphatic rings. The largest absolute Gasteiger partial charge is 0.464 e. The predicted molar refractivity (Wildman–Crippen MR) is 73.0 cm³/mol. The number of hydrogen-bond donors (Lipinski definition) is 1. The zero-order chi connectivity index (χ0) is 12.5. The van der Waals surface area contributed by atoms with Crippen LogP contribution in [0, 0.1) is 0 Å². The Morgan fingerprint density at radius 3 is 2.41 bits per heavy atom. The van der Waals surface area contributed by atoms with Gasteiger partial charge in [-0.05, 0) is 18.6 Å². The summed E-state index contributed by atoms with van der Waals surface area (Å²) in [4.78, 5) is 0. The number of furan rings is 1. The molecule has 0 aromatic carbocycles. The summed E-state index contributed by atoms with van der Waals surface area (Å²) in [5.41, 5.74) is 6.11. The predicted octanol–water partition coefficient (Wildman–Crippen LogP) is 4.59. The van der Waals surface area contributed by atoms with Gasteiger partial charge in [0.05, 0.1) is 6.04 Å². The van der Waals surface area contributed by atoms with E-state index in [1.807, 2.05) is 12.1 Å². The van der Waals surface area contributed by atoms with Crippen LogP contribution in [0.4, 0.5) is 0 Å². The third-order valence-corrected chi connectivity index (χ3v) is 3.27. The maximum atomic E-state index is 6.11. The molecule has 0 aliphatic heterocycles. The van der Waals surface area contributed by atoms with Crippen LogP contribution in [0.25, 0.3) is 0 Å². The van der Waals surface area contributed by atoms with Crippen LogP contribution < -0.4 is 5.73 Å². The van der Waals surface area contributed by atoms with E-state index in [9.17, 15) is 0 Å². The van der Waals surface area contributed by atoms with Crippen molar-refractivity contribution in [3.05, 3.63) is 23.7 Å². The molecule has 1 aromatic rings. The average molecular weight is 237 g/mol. The molecule has 0 aliphatic carbocycles. The van der Waals surface area contributed by atoms with E-state index in [0.717, 1.165) is 24.4 Å². The van der Waals surface area contributed by atoms with Crippen LogP contribution in [0.2, 0.25) is 0 Å². The summed E-state index contributed by atoms with van der Waals surface area (Å²) in [7, 11) is 0. The Kier molecular flexibility index (Phi) is 7.02. The average Bonchev–Trinajstić information content (AvgIpc) is 2.82. The molecule has 1 aromatic heterocycles. The minimum atomic E-state index is 0.0847. The van der Waals surface area contributed by atoms with Gasteiger partial charge in [0.25, 0.3) is 0 Å². The minimum Gasteiger partial charge on any atom is -0.464 e. The molecule has 98 valence electrons. The molecule has 0 fully saturated rings. The molecular weight excluding hydrogens is 210 g/mol. The van der Waals surface area contributed by atoms with E-state index < -0.39 is 0 Å². The molecular formula is C15H27NO. The fourth-order valence-electron chi connectivity index (χ4n) is 2.07. The van der Waals surface area contributed by atoms with Crippen molar-refractivity contribution >= 4 is 0 Å². The quantitative estimate of drug-likeness (QED) is 0.638. The van der Waals surface area contributed by atoms with Gasteiger partial charge in [0.15, 0.2) is 0 Å². The lowest BCUT2D eigenvalue weighted by molar-refractivity contribution is 0.416. The molecule has 0 bridgehead atoms. The van der Waals surface area contributed by atoms with Gasteiger partial charge in [-0.1, -0.05) is 52.4 Å². The Morgan fingerprint density at radius 2 is 1.76 bits per heavy atom. The molecule has 0 saturated heterocycles. The summed E-state index contributed by atoms with van der Waals surface area (Å²) in [5.74, 6) is 1.99. The van der Waals surface area contributed by atoms with Gasteiger partial charge in [0.1, 0.15) is 11.5 Å². The second-order valence-electron chi connectivity index (χ2n) is 4.82. The molecule has 2 heteroatoms. The van der Waals surface area contributed by atoms with E-state index in [4.69, 9.17) is 10.2 Å². The van der Waals surface area contributed by atoms with Crippen molar-refractivity contribution < 1.29 is 4.42 Å². The molecule has 1 atom stereocenters. The monoisotopic (exact) mass is 237 g/mol. The van der Waals surface area contributed by atoms with E-state index in [0.29, 0.717) is 0 Å². The number of unbranched alkanes of at least 4 members (excludes halogenated alkanes) is 5. The first kappa shape index (κ1) is 14.3. The van der Waals surface area contributed by atoms with Crippen LogP contribution in [-0.4, -0.2) is 0 Å². The van der Waals surface area contributed by atoms with Gasteiger partial charge >= 0.3 is 0 Å². The van der Waals surface area contributed by atoms with Crippen LogP contribution in [0.15, 0.2) is 16.5 Å². The van der Waals surface area contributed by atoms with E-state index in [1.165, 1.54) is 38.5 Å².